The maximum atomic E-state index is 11.9. The van der Waals surface area contributed by atoms with Gasteiger partial charge in [0, 0.05) is 6.42 Å². The second-order valence-electron chi connectivity index (χ2n) is 5.21. The van der Waals surface area contributed by atoms with Gasteiger partial charge in [-0.3, -0.25) is 4.79 Å². The van der Waals surface area contributed by atoms with Gasteiger partial charge < -0.3 is 5.11 Å². The zero-order valence-corrected chi connectivity index (χ0v) is 11.0. The van der Waals surface area contributed by atoms with E-state index in [0.717, 1.165) is 12.8 Å². The van der Waals surface area contributed by atoms with Crippen molar-refractivity contribution in [2.75, 3.05) is 0 Å². The van der Waals surface area contributed by atoms with Crippen LogP contribution in [0.5, 0.6) is 0 Å². The fraction of sp³-hybridized carbons (Fsp3) is 0.500. The first kappa shape index (κ1) is 13.8. The lowest BCUT2D eigenvalue weighted by atomic mass is 9.75. The molecule has 1 fully saturated rings. The van der Waals surface area contributed by atoms with Gasteiger partial charge in [0.15, 0.2) is 0 Å². The van der Waals surface area contributed by atoms with Gasteiger partial charge in [-0.15, -0.1) is 0 Å². The van der Waals surface area contributed by atoms with E-state index in [1.807, 2.05) is 30.3 Å². The third kappa shape index (κ3) is 3.42. The summed E-state index contributed by atoms with van der Waals surface area (Å²) < 4.78 is 0. The highest BCUT2D eigenvalue weighted by molar-refractivity contribution is 5.83. The Balaban J connectivity index is 2.00. The third-order valence-electron chi connectivity index (χ3n) is 3.90. The van der Waals surface area contributed by atoms with E-state index in [-0.39, 0.29) is 11.7 Å². The highest BCUT2D eigenvalue weighted by Gasteiger charge is 2.36. The van der Waals surface area contributed by atoms with Crippen LogP contribution in [0.25, 0.3) is 0 Å². The highest BCUT2D eigenvalue weighted by Crippen LogP contribution is 2.30. The number of ketones is 1. The molecule has 1 aliphatic carbocycles. The van der Waals surface area contributed by atoms with Crippen LogP contribution in [0, 0.1) is 23.2 Å². The number of nitriles is 1. The number of benzene rings is 1. The van der Waals surface area contributed by atoms with Gasteiger partial charge in [-0.05, 0) is 31.2 Å². The number of aryl methyl sites for hydroxylation is 1. The van der Waals surface area contributed by atoms with Gasteiger partial charge in [0.25, 0.3) is 0 Å². The Morgan fingerprint density at radius 1 is 1.37 bits per heavy atom. The lowest BCUT2D eigenvalue weighted by Gasteiger charge is -2.29. The summed E-state index contributed by atoms with van der Waals surface area (Å²) in [5.41, 5.74) is 1.17. The largest absolute Gasteiger partial charge is 0.392 e. The van der Waals surface area contributed by atoms with Crippen LogP contribution in [0.4, 0.5) is 0 Å². The van der Waals surface area contributed by atoms with Gasteiger partial charge >= 0.3 is 0 Å². The molecule has 3 atom stereocenters. The number of aliphatic hydroxyl groups excluding tert-OH is 1. The van der Waals surface area contributed by atoms with E-state index in [9.17, 15) is 15.2 Å². The molecule has 0 amide bonds. The quantitative estimate of drug-likeness (QED) is 0.901. The fourth-order valence-corrected chi connectivity index (χ4v) is 2.83. The molecule has 3 nitrogen and oxygen atoms in total. The maximum absolute atomic E-state index is 11.9. The van der Waals surface area contributed by atoms with Crippen LogP contribution in [0.3, 0.4) is 0 Å². The van der Waals surface area contributed by atoms with Crippen LogP contribution in [0.1, 0.15) is 31.2 Å². The summed E-state index contributed by atoms with van der Waals surface area (Å²) in [6.45, 7) is 0. The normalized spacial score (nSPS) is 24.7. The molecule has 0 aromatic heterocycles. The number of carbonyl (C=O) groups excluding carboxylic acids is 1. The minimum absolute atomic E-state index is 0.0540. The van der Waals surface area contributed by atoms with E-state index in [4.69, 9.17) is 0 Å². The van der Waals surface area contributed by atoms with E-state index in [0.29, 0.717) is 19.3 Å². The molecule has 1 aromatic rings. The van der Waals surface area contributed by atoms with E-state index >= 15 is 0 Å². The fourth-order valence-electron chi connectivity index (χ4n) is 2.83. The number of carbonyl (C=O) groups is 1. The van der Waals surface area contributed by atoms with Gasteiger partial charge in [-0.1, -0.05) is 30.3 Å². The zero-order chi connectivity index (χ0) is 13.7. The van der Waals surface area contributed by atoms with Crippen molar-refractivity contribution in [2.24, 2.45) is 11.8 Å². The SMILES string of the molecule is N#CC(CCc1ccccc1)[C@H]1C(=O)CCC[C@@H]1O. The number of rotatable bonds is 4. The van der Waals surface area contributed by atoms with Crippen LogP contribution in [0.2, 0.25) is 0 Å². The molecule has 19 heavy (non-hydrogen) atoms. The average molecular weight is 257 g/mol. The molecule has 1 unspecified atom stereocenters. The standard InChI is InChI=1S/C16H19NO2/c17-11-13(10-9-12-5-2-1-3-6-12)16-14(18)7-4-8-15(16)19/h1-3,5-6,13-14,16,18H,4,7-10H2/t13?,14-,16+/m0/s1. The molecule has 0 bridgehead atoms. The second kappa shape index (κ2) is 6.49. The van der Waals surface area contributed by atoms with Crippen molar-refractivity contribution in [2.45, 2.75) is 38.2 Å². The van der Waals surface area contributed by atoms with E-state index in [1.165, 1.54) is 5.56 Å². The first-order chi connectivity index (χ1) is 9.22. The zero-order valence-electron chi connectivity index (χ0n) is 11.0. The average Bonchev–Trinajstić information content (AvgIpc) is 2.43. The molecule has 0 saturated heterocycles. The third-order valence-corrected chi connectivity index (χ3v) is 3.90. The predicted molar refractivity (Wildman–Crippen MR) is 72.2 cm³/mol. The van der Waals surface area contributed by atoms with Crippen LogP contribution >= 0.6 is 0 Å². The van der Waals surface area contributed by atoms with Crippen molar-refractivity contribution in [1.29, 1.82) is 5.26 Å². The molecule has 100 valence electrons. The summed E-state index contributed by atoms with van der Waals surface area (Å²) in [5, 5.41) is 19.2. The molecule has 2 rings (SSSR count). The van der Waals surface area contributed by atoms with Crippen LogP contribution in [-0.4, -0.2) is 17.0 Å². The van der Waals surface area contributed by atoms with Crippen molar-refractivity contribution < 1.29 is 9.90 Å². The summed E-state index contributed by atoms with van der Waals surface area (Å²) >= 11 is 0. The molecular weight excluding hydrogens is 238 g/mol. The Morgan fingerprint density at radius 3 is 2.74 bits per heavy atom. The molecule has 0 aliphatic heterocycles. The van der Waals surface area contributed by atoms with Crippen molar-refractivity contribution >= 4 is 5.78 Å². The first-order valence-electron chi connectivity index (χ1n) is 6.86. The summed E-state index contributed by atoms with van der Waals surface area (Å²) in [7, 11) is 0. The summed E-state index contributed by atoms with van der Waals surface area (Å²) in [4.78, 5) is 11.9. The van der Waals surface area contributed by atoms with Crippen molar-refractivity contribution in [3.05, 3.63) is 35.9 Å². The van der Waals surface area contributed by atoms with E-state index in [2.05, 4.69) is 6.07 Å². The maximum Gasteiger partial charge on any atom is 0.139 e. The van der Waals surface area contributed by atoms with Crippen molar-refractivity contribution in [1.82, 2.24) is 0 Å². The highest BCUT2D eigenvalue weighted by atomic mass is 16.3. The molecular formula is C16H19NO2. The summed E-state index contributed by atoms with van der Waals surface area (Å²) in [5.74, 6) is -0.802. The summed E-state index contributed by atoms with van der Waals surface area (Å²) in [6, 6.07) is 12.2. The monoisotopic (exact) mass is 257 g/mol. The number of hydrogen-bond acceptors (Lipinski definition) is 3. The van der Waals surface area contributed by atoms with Gasteiger partial charge in [-0.25, -0.2) is 0 Å². The first-order valence-corrected chi connectivity index (χ1v) is 6.86. The van der Waals surface area contributed by atoms with Crippen molar-refractivity contribution in [3.8, 4) is 6.07 Å². The molecule has 1 aliphatic rings. The van der Waals surface area contributed by atoms with Gasteiger partial charge in [0.05, 0.1) is 24.0 Å². The minimum atomic E-state index is -0.637. The Kier molecular flexibility index (Phi) is 4.70. The number of aliphatic hydroxyl groups is 1. The van der Waals surface area contributed by atoms with Gasteiger partial charge in [0.1, 0.15) is 5.78 Å². The Morgan fingerprint density at radius 2 is 2.11 bits per heavy atom. The number of hydrogen-bond donors (Lipinski definition) is 1. The molecule has 0 heterocycles. The Labute approximate surface area is 113 Å². The molecule has 1 aromatic carbocycles. The lowest BCUT2D eigenvalue weighted by molar-refractivity contribution is -0.131. The topological polar surface area (TPSA) is 61.1 Å². The Bertz CT molecular complexity index is 463. The van der Waals surface area contributed by atoms with Crippen LogP contribution < -0.4 is 0 Å². The van der Waals surface area contributed by atoms with Crippen molar-refractivity contribution in [3.63, 3.8) is 0 Å². The minimum Gasteiger partial charge on any atom is -0.392 e. The van der Waals surface area contributed by atoms with Crippen LogP contribution in [0.15, 0.2) is 30.3 Å². The van der Waals surface area contributed by atoms with E-state index < -0.39 is 12.0 Å². The van der Waals surface area contributed by atoms with Gasteiger partial charge in [-0.2, -0.15) is 5.26 Å². The second-order valence-corrected chi connectivity index (χ2v) is 5.21. The van der Waals surface area contributed by atoms with E-state index in [1.54, 1.807) is 0 Å². The molecule has 0 radical (unpaired) electrons. The Hall–Kier alpha value is -1.66. The molecule has 1 saturated carbocycles. The smallest absolute Gasteiger partial charge is 0.139 e. The lowest BCUT2D eigenvalue weighted by Crippen LogP contribution is -2.37. The number of Topliss-reactive ketones (excluding diaryl/α,β-unsaturated/α-hetero) is 1. The predicted octanol–water partition coefficient (Wildman–Crippen LogP) is 2.49. The van der Waals surface area contributed by atoms with Crippen LogP contribution in [-0.2, 0) is 11.2 Å². The summed E-state index contributed by atoms with van der Waals surface area (Å²) in [6.07, 6.45) is 2.66. The van der Waals surface area contributed by atoms with Gasteiger partial charge in [0.2, 0.25) is 0 Å². The number of nitrogens with zero attached hydrogens (tertiary/aromatic N) is 1. The molecule has 0 spiro atoms. The molecule has 1 N–H and O–H groups in total. The molecule has 3 heteroatoms.